The molecule has 0 radical (unpaired) electrons. The number of allylic oxidation sites excluding steroid dienone is 5. The minimum Gasteiger partial charge on any atom is -0.477 e. The van der Waals surface area contributed by atoms with Crippen LogP contribution in [-0.4, -0.2) is 13.2 Å². The predicted octanol–water partition coefficient (Wildman–Crippen LogP) is 1.15. The summed E-state index contributed by atoms with van der Waals surface area (Å²) < 4.78 is 5.37. The van der Waals surface area contributed by atoms with E-state index in [1.807, 2.05) is 6.08 Å². The number of ether oxygens (including phenoxy) is 1. The van der Waals surface area contributed by atoms with Gasteiger partial charge in [-0.05, 0) is 11.4 Å². The van der Waals surface area contributed by atoms with Crippen molar-refractivity contribution < 1.29 is 4.74 Å². The van der Waals surface area contributed by atoms with Crippen molar-refractivity contribution in [1.82, 2.24) is 5.32 Å². The Balaban J connectivity index is 2.32. The van der Waals surface area contributed by atoms with E-state index in [1.165, 1.54) is 5.31 Å². The molecule has 2 nitrogen and oxygen atoms in total. The van der Waals surface area contributed by atoms with Crippen LogP contribution in [0.3, 0.4) is 0 Å². The highest BCUT2D eigenvalue weighted by molar-refractivity contribution is 7.23. The van der Waals surface area contributed by atoms with E-state index < -0.39 is 0 Å². The minimum atomic E-state index is 0.782. The lowest BCUT2D eigenvalue weighted by molar-refractivity contribution is 0.263. The van der Waals surface area contributed by atoms with Crippen LogP contribution in [0.2, 0.25) is 0 Å². The van der Waals surface area contributed by atoms with Gasteiger partial charge in [-0.2, -0.15) is 0 Å². The Morgan fingerprint density at radius 1 is 1.55 bits per heavy atom. The molecule has 0 saturated carbocycles. The summed E-state index contributed by atoms with van der Waals surface area (Å²) in [7, 11) is 2.69. The molecule has 11 heavy (non-hydrogen) atoms. The average molecular weight is 167 g/mol. The SMILES string of the molecule is PC1=CC=CC1=C1NCCO1. The zero-order valence-electron chi connectivity index (χ0n) is 6.13. The standard InChI is InChI=1S/C8H10NOP/c11-7-3-1-2-6(7)8-9-4-5-10-8/h1-3,9H,4-5,11H2. The van der Waals surface area contributed by atoms with Crippen LogP contribution in [0.1, 0.15) is 0 Å². The van der Waals surface area contributed by atoms with Gasteiger partial charge in [0, 0.05) is 5.57 Å². The van der Waals surface area contributed by atoms with Gasteiger partial charge in [0.25, 0.3) is 0 Å². The second kappa shape index (κ2) is 2.71. The number of rotatable bonds is 0. The van der Waals surface area contributed by atoms with Crippen LogP contribution in [-0.2, 0) is 4.74 Å². The molecule has 1 saturated heterocycles. The molecule has 1 fully saturated rings. The molecule has 1 atom stereocenters. The van der Waals surface area contributed by atoms with Crippen LogP contribution in [0.15, 0.2) is 35.0 Å². The van der Waals surface area contributed by atoms with Crippen molar-refractivity contribution in [2.24, 2.45) is 0 Å². The van der Waals surface area contributed by atoms with Crippen molar-refractivity contribution in [3.05, 3.63) is 35.0 Å². The summed E-state index contributed by atoms with van der Waals surface area (Å²) in [6.45, 7) is 1.70. The largest absolute Gasteiger partial charge is 0.477 e. The number of hydrogen-bond donors (Lipinski definition) is 1. The van der Waals surface area contributed by atoms with Crippen molar-refractivity contribution in [2.45, 2.75) is 0 Å². The second-order valence-electron chi connectivity index (χ2n) is 2.50. The number of nitrogens with one attached hydrogen (secondary N) is 1. The molecule has 3 heteroatoms. The molecule has 58 valence electrons. The maximum Gasteiger partial charge on any atom is 0.194 e. The number of hydrogen-bond acceptors (Lipinski definition) is 2. The zero-order chi connectivity index (χ0) is 7.68. The highest BCUT2D eigenvalue weighted by Crippen LogP contribution is 2.27. The molecule has 1 aliphatic heterocycles. The molecule has 0 bridgehead atoms. The summed E-state index contributed by atoms with van der Waals surface area (Å²) in [5, 5.41) is 4.37. The Bertz CT molecular complexity index is 257. The van der Waals surface area contributed by atoms with E-state index in [0.717, 1.165) is 24.6 Å². The molecule has 1 unspecified atom stereocenters. The fourth-order valence-corrected chi connectivity index (χ4v) is 1.52. The first-order valence-electron chi connectivity index (χ1n) is 3.63. The molecule has 0 aromatic carbocycles. The van der Waals surface area contributed by atoms with E-state index in [2.05, 4.69) is 26.7 Å². The van der Waals surface area contributed by atoms with Crippen molar-refractivity contribution in [1.29, 1.82) is 0 Å². The van der Waals surface area contributed by atoms with Crippen molar-refractivity contribution >= 4 is 9.24 Å². The van der Waals surface area contributed by atoms with Gasteiger partial charge in [-0.25, -0.2) is 0 Å². The average Bonchev–Trinajstić information content (AvgIpc) is 2.55. The topological polar surface area (TPSA) is 21.3 Å². The van der Waals surface area contributed by atoms with E-state index in [4.69, 9.17) is 4.74 Å². The Labute approximate surface area is 68.2 Å². The van der Waals surface area contributed by atoms with Crippen LogP contribution in [0.4, 0.5) is 0 Å². The maximum atomic E-state index is 5.37. The lowest BCUT2D eigenvalue weighted by atomic mass is 10.3. The normalized spacial score (nSPS) is 28.3. The molecule has 0 aromatic rings. The molecule has 2 aliphatic rings. The highest BCUT2D eigenvalue weighted by atomic mass is 31.0. The molecular formula is C8H10NOP. The minimum absolute atomic E-state index is 0.782. The van der Waals surface area contributed by atoms with Gasteiger partial charge in [-0.15, -0.1) is 9.24 Å². The monoisotopic (exact) mass is 167 g/mol. The van der Waals surface area contributed by atoms with Crippen LogP contribution in [0, 0.1) is 0 Å². The smallest absolute Gasteiger partial charge is 0.194 e. The summed E-state index contributed by atoms with van der Waals surface area (Å²) in [5.41, 5.74) is 1.16. The van der Waals surface area contributed by atoms with Gasteiger partial charge < -0.3 is 10.1 Å². The first-order chi connectivity index (χ1) is 5.38. The van der Waals surface area contributed by atoms with Gasteiger partial charge in [-0.3, -0.25) is 0 Å². The van der Waals surface area contributed by atoms with E-state index in [1.54, 1.807) is 0 Å². The van der Waals surface area contributed by atoms with Crippen LogP contribution in [0.25, 0.3) is 0 Å². The van der Waals surface area contributed by atoms with Crippen LogP contribution in [0.5, 0.6) is 0 Å². The molecule has 1 heterocycles. The van der Waals surface area contributed by atoms with E-state index in [0.29, 0.717) is 0 Å². The summed E-state index contributed by atoms with van der Waals surface area (Å²) in [6.07, 6.45) is 6.13. The Kier molecular flexibility index (Phi) is 1.71. The van der Waals surface area contributed by atoms with Crippen molar-refractivity contribution in [2.75, 3.05) is 13.2 Å². The van der Waals surface area contributed by atoms with E-state index >= 15 is 0 Å². The maximum absolute atomic E-state index is 5.37. The van der Waals surface area contributed by atoms with Crippen molar-refractivity contribution in [3.63, 3.8) is 0 Å². The predicted molar refractivity (Wildman–Crippen MR) is 47.9 cm³/mol. The van der Waals surface area contributed by atoms with E-state index in [-0.39, 0.29) is 0 Å². The lowest BCUT2D eigenvalue weighted by Gasteiger charge is -2.03. The van der Waals surface area contributed by atoms with Crippen LogP contribution < -0.4 is 5.32 Å². The molecule has 0 amide bonds. The van der Waals surface area contributed by atoms with Gasteiger partial charge in [-0.1, -0.05) is 12.2 Å². The fourth-order valence-electron chi connectivity index (χ4n) is 1.18. The third-order valence-corrected chi connectivity index (χ3v) is 2.23. The molecule has 1 aliphatic carbocycles. The molecule has 0 spiro atoms. The summed E-state index contributed by atoms with van der Waals surface area (Å²) in [4.78, 5) is 0. The molecule has 0 aromatic heterocycles. The quantitative estimate of drug-likeness (QED) is 0.546. The fraction of sp³-hybridized carbons (Fsp3) is 0.250. The van der Waals surface area contributed by atoms with Crippen molar-refractivity contribution in [3.8, 4) is 0 Å². The highest BCUT2D eigenvalue weighted by Gasteiger charge is 2.14. The lowest BCUT2D eigenvalue weighted by Crippen LogP contribution is -2.06. The third-order valence-electron chi connectivity index (χ3n) is 1.73. The first-order valence-corrected chi connectivity index (χ1v) is 4.21. The van der Waals surface area contributed by atoms with Gasteiger partial charge in [0.1, 0.15) is 6.61 Å². The van der Waals surface area contributed by atoms with E-state index in [9.17, 15) is 0 Å². The van der Waals surface area contributed by atoms with Crippen LogP contribution >= 0.6 is 9.24 Å². The van der Waals surface area contributed by atoms with Gasteiger partial charge in [0.2, 0.25) is 0 Å². The third kappa shape index (κ3) is 1.19. The molecular weight excluding hydrogens is 157 g/mol. The molecule has 1 N–H and O–H groups in total. The summed E-state index contributed by atoms with van der Waals surface area (Å²) in [5.74, 6) is 0.917. The van der Waals surface area contributed by atoms with Gasteiger partial charge in [0.15, 0.2) is 5.88 Å². The summed E-state index contributed by atoms with van der Waals surface area (Å²) >= 11 is 0. The first kappa shape index (κ1) is 6.93. The Morgan fingerprint density at radius 3 is 3.00 bits per heavy atom. The van der Waals surface area contributed by atoms with Gasteiger partial charge in [0.05, 0.1) is 6.54 Å². The Morgan fingerprint density at radius 2 is 2.45 bits per heavy atom. The van der Waals surface area contributed by atoms with Gasteiger partial charge >= 0.3 is 0 Å². The Hall–Kier alpha value is -0.750. The summed E-state index contributed by atoms with van der Waals surface area (Å²) in [6, 6.07) is 0. The second-order valence-corrected chi connectivity index (χ2v) is 3.12. The zero-order valence-corrected chi connectivity index (χ0v) is 7.29. The molecule has 2 rings (SSSR count).